The summed E-state index contributed by atoms with van der Waals surface area (Å²) in [5.41, 5.74) is -1.25. The molecular weight excluding hydrogens is 200 g/mol. The van der Waals surface area contributed by atoms with E-state index in [1.54, 1.807) is 13.8 Å². The quantitative estimate of drug-likeness (QED) is 0.514. The molecule has 86 valence electrons. The van der Waals surface area contributed by atoms with Gasteiger partial charge in [-0.25, -0.2) is 9.59 Å². The molecule has 0 aromatic rings. The molecule has 0 radical (unpaired) electrons. The number of carbonyl (C=O) groups is 3. The Balaban J connectivity index is 4.50. The van der Waals surface area contributed by atoms with Gasteiger partial charge in [-0.2, -0.15) is 0 Å². The maximum atomic E-state index is 11.2. The van der Waals surface area contributed by atoms with E-state index in [1.165, 1.54) is 13.8 Å². The van der Waals surface area contributed by atoms with Gasteiger partial charge in [0.15, 0.2) is 11.4 Å². The van der Waals surface area contributed by atoms with Crippen molar-refractivity contribution >= 4 is 17.7 Å². The smallest absolute Gasteiger partial charge is 0.418 e. The standard InChI is InChI=1S/C10H16O5/c1-5-10(4,7(3)11)15-9(13)8(12)14-6-2/h5-6H2,1-4H3. The Morgan fingerprint density at radius 3 is 2.00 bits per heavy atom. The van der Waals surface area contributed by atoms with Crippen molar-refractivity contribution in [3.8, 4) is 0 Å². The fourth-order valence-corrected chi connectivity index (χ4v) is 0.829. The Labute approximate surface area is 88.7 Å². The molecule has 15 heavy (non-hydrogen) atoms. The lowest BCUT2D eigenvalue weighted by Gasteiger charge is -2.24. The Morgan fingerprint density at radius 2 is 1.67 bits per heavy atom. The van der Waals surface area contributed by atoms with Crippen molar-refractivity contribution in [2.24, 2.45) is 0 Å². The van der Waals surface area contributed by atoms with Crippen molar-refractivity contribution < 1.29 is 23.9 Å². The fraction of sp³-hybridized carbons (Fsp3) is 0.700. The highest BCUT2D eigenvalue weighted by Crippen LogP contribution is 2.16. The fourth-order valence-electron chi connectivity index (χ4n) is 0.829. The van der Waals surface area contributed by atoms with Gasteiger partial charge in [-0.3, -0.25) is 4.79 Å². The van der Waals surface area contributed by atoms with Crippen LogP contribution in [0.4, 0.5) is 0 Å². The zero-order valence-corrected chi connectivity index (χ0v) is 9.46. The first-order chi connectivity index (χ1) is 6.87. The summed E-state index contributed by atoms with van der Waals surface area (Å²) in [7, 11) is 0. The van der Waals surface area contributed by atoms with Gasteiger partial charge in [-0.1, -0.05) is 6.92 Å². The molecular formula is C10H16O5. The van der Waals surface area contributed by atoms with Gasteiger partial charge >= 0.3 is 11.9 Å². The predicted octanol–water partition coefficient (Wildman–Crippen LogP) is 0.850. The van der Waals surface area contributed by atoms with Gasteiger partial charge in [0, 0.05) is 0 Å². The third-order valence-electron chi connectivity index (χ3n) is 2.18. The Morgan fingerprint density at radius 1 is 1.13 bits per heavy atom. The minimum atomic E-state index is -1.25. The lowest BCUT2D eigenvalue weighted by molar-refractivity contribution is -0.178. The SMILES string of the molecule is CCOC(=O)C(=O)OC(C)(CC)C(C)=O. The first-order valence-electron chi connectivity index (χ1n) is 4.78. The zero-order valence-electron chi connectivity index (χ0n) is 9.46. The number of rotatable bonds is 4. The van der Waals surface area contributed by atoms with E-state index in [2.05, 4.69) is 4.74 Å². The zero-order chi connectivity index (χ0) is 12.1. The van der Waals surface area contributed by atoms with E-state index >= 15 is 0 Å². The van der Waals surface area contributed by atoms with Crippen LogP contribution in [0.5, 0.6) is 0 Å². The molecule has 0 fully saturated rings. The van der Waals surface area contributed by atoms with Crippen LogP contribution in [0.3, 0.4) is 0 Å². The van der Waals surface area contributed by atoms with Crippen molar-refractivity contribution in [2.75, 3.05) is 6.61 Å². The van der Waals surface area contributed by atoms with Crippen molar-refractivity contribution in [3.63, 3.8) is 0 Å². The number of carbonyl (C=O) groups excluding carboxylic acids is 3. The molecule has 0 amide bonds. The van der Waals surface area contributed by atoms with Crippen LogP contribution in [-0.4, -0.2) is 29.9 Å². The largest absolute Gasteiger partial charge is 0.458 e. The second kappa shape index (κ2) is 5.48. The topological polar surface area (TPSA) is 69.7 Å². The minimum absolute atomic E-state index is 0.0941. The Bertz CT molecular complexity index is 271. The number of hydrogen-bond acceptors (Lipinski definition) is 5. The molecule has 0 rings (SSSR count). The summed E-state index contributed by atoms with van der Waals surface area (Å²) in [5, 5.41) is 0. The van der Waals surface area contributed by atoms with E-state index in [-0.39, 0.29) is 12.4 Å². The average molecular weight is 216 g/mol. The molecule has 0 aliphatic rings. The lowest BCUT2D eigenvalue weighted by Crippen LogP contribution is -2.40. The highest BCUT2D eigenvalue weighted by Gasteiger charge is 2.34. The molecule has 0 aromatic carbocycles. The Hall–Kier alpha value is -1.39. The van der Waals surface area contributed by atoms with Gasteiger partial charge in [0.1, 0.15) is 0 Å². The first-order valence-corrected chi connectivity index (χ1v) is 4.78. The van der Waals surface area contributed by atoms with Crippen LogP contribution in [0, 0.1) is 0 Å². The second-order valence-corrected chi connectivity index (χ2v) is 3.25. The molecule has 1 atom stereocenters. The molecule has 0 aliphatic heterocycles. The molecule has 0 saturated carbocycles. The molecule has 0 spiro atoms. The van der Waals surface area contributed by atoms with Gasteiger partial charge in [0.05, 0.1) is 6.61 Å². The Kier molecular flexibility index (Phi) is 4.97. The lowest BCUT2D eigenvalue weighted by atomic mass is 9.99. The number of ketones is 1. The third-order valence-corrected chi connectivity index (χ3v) is 2.18. The molecule has 1 unspecified atom stereocenters. The van der Waals surface area contributed by atoms with Gasteiger partial charge in [-0.15, -0.1) is 0 Å². The van der Waals surface area contributed by atoms with Crippen LogP contribution in [0.25, 0.3) is 0 Å². The maximum Gasteiger partial charge on any atom is 0.418 e. The molecule has 5 nitrogen and oxygen atoms in total. The summed E-state index contributed by atoms with van der Waals surface area (Å²) in [6.45, 7) is 6.14. The summed E-state index contributed by atoms with van der Waals surface area (Å²) in [6, 6.07) is 0. The normalized spacial score (nSPS) is 13.9. The third kappa shape index (κ3) is 3.69. The van der Waals surface area contributed by atoms with Crippen molar-refractivity contribution in [2.45, 2.75) is 39.7 Å². The summed E-state index contributed by atoms with van der Waals surface area (Å²) in [6.07, 6.45) is 0.313. The monoisotopic (exact) mass is 216 g/mol. The molecule has 0 N–H and O–H groups in total. The number of Topliss-reactive ketones (excluding diaryl/α,β-unsaturated/α-hetero) is 1. The van der Waals surface area contributed by atoms with Crippen LogP contribution in [0.15, 0.2) is 0 Å². The highest BCUT2D eigenvalue weighted by atomic mass is 16.6. The van der Waals surface area contributed by atoms with Gasteiger partial charge in [0.2, 0.25) is 0 Å². The molecule has 5 heteroatoms. The summed E-state index contributed by atoms with van der Waals surface area (Å²) >= 11 is 0. The van der Waals surface area contributed by atoms with Crippen LogP contribution in [0.2, 0.25) is 0 Å². The van der Waals surface area contributed by atoms with E-state index < -0.39 is 17.5 Å². The first kappa shape index (κ1) is 13.6. The van der Waals surface area contributed by atoms with Gasteiger partial charge in [-0.05, 0) is 27.2 Å². The van der Waals surface area contributed by atoms with Crippen molar-refractivity contribution in [3.05, 3.63) is 0 Å². The van der Waals surface area contributed by atoms with Crippen molar-refractivity contribution in [1.29, 1.82) is 0 Å². The summed E-state index contributed by atoms with van der Waals surface area (Å²) < 4.78 is 9.25. The van der Waals surface area contributed by atoms with Gasteiger partial charge < -0.3 is 9.47 Å². The van der Waals surface area contributed by atoms with Crippen molar-refractivity contribution in [1.82, 2.24) is 0 Å². The van der Waals surface area contributed by atoms with Crippen LogP contribution < -0.4 is 0 Å². The molecule has 0 heterocycles. The van der Waals surface area contributed by atoms with E-state index in [4.69, 9.17) is 4.74 Å². The number of hydrogen-bond donors (Lipinski definition) is 0. The van der Waals surface area contributed by atoms with Gasteiger partial charge in [0.25, 0.3) is 0 Å². The van der Waals surface area contributed by atoms with E-state index in [9.17, 15) is 14.4 Å². The minimum Gasteiger partial charge on any atom is -0.458 e. The summed E-state index contributed by atoms with van der Waals surface area (Å²) in [5.74, 6) is -2.50. The molecule has 0 aliphatic carbocycles. The number of esters is 2. The van der Waals surface area contributed by atoms with Crippen LogP contribution in [-0.2, 0) is 23.9 Å². The average Bonchev–Trinajstić information content (AvgIpc) is 2.17. The molecule has 0 aromatic heterocycles. The van der Waals surface area contributed by atoms with E-state index in [1.807, 2.05) is 0 Å². The van der Waals surface area contributed by atoms with E-state index in [0.29, 0.717) is 6.42 Å². The number of ether oxygens (including phenoxy) is 2. The van der Waals surface area contributed by atoms with Crippen LogP contribution in [0.1, 0.15) is 34.1 Å². The molecule has 0 saturated heterocycles. The second-order valence-electron chi connectivity index (χ2n) is 3.25. The predicted molar refractivity (Wildman–Crippen MR) is 52.1 cm³/mol. The van der Waals surface area contributed by atoms with Crippen LogP contribution >= 0.6 is 0 Å². The molecule has 0 bridgehead atoms. The maximum absolute atomic E-state index is 11.2. The summed E-state index contributed by atoms with van der Waals surface area (Å²) in [4.78, 5) is 33.3. The highest BCUT2D eigenvalue weighted by molar-refractivity contribution is 6.30. The van der Waals surface area contributed by atoms with E-state index in [0.717, 1.165) is 0 Å².